The minimum atomic E-state index is 0.553. The number of nitrogens with zero attached hydrogens (tertiary/aromatic N) is 1. The van der Waals surface area contributed by atoms with Crippen molar-refractivity contribution >= 4 is 75.5 Å². The summed E-state index contributed by atoms with van der Waals surface area (Å²) in [5.41, 5.74) is 31.5. The highest BCUT2D eigenvalue weighted by Gasteiger charge is 2.19. The Morgan fingerprint density at radius 3 is 1.05 bits per heavy atom. The van der Waals surface area contributed by atoms with Crippen molar-refractivity contribution in [2.75, 3.05) is 0 Å². The average Bonchev–Trinajstić information content (AvgIpc) is 0.813. The standard InChI is InChI=1S/C43H27N.C35H25N.C5H11N/c1-2-7-28(8-3-1)29-13-15-31(16-14-29)39-27-40(38-24-22-34-10-6-9-33-21-23-37(39)43(38)42(33)34)32-19-17-30(18-20-32)35-25-26-44-41-12-5-4-11-36(35)41;36-22-23-9-11-26(12-10-23)32-21-33(27-15-13-25(14-16-27)24-5-2-1-3-6-24)31-20-18-29-8-4-7-28-17-19-30(32)35(31)34(28)29;1-3-4-5(2)6/h1-27H;1-21H,22,36H2;4H,3,6H2,1-2H3/b;;5-4-. The number of allylic oxidation sites excluding steroid dienone is 2. The molecule has 86 heavy (non-hydrogen) atoms. The van der Waals surface area contributed by atoms with Crippen molar-refractivity contribution in [2.24, 2.45) is 11.5 Å². The Morgan fingerprint density at radius 1 is 0.326 bits per heavy atom. The normalized spacial score (nSPS) is 11.6. The molecule has 0 radical (unpaired) electrons. The molecule has 16 rings (SSSR count). The van der Waals surface area contributed by atoms with E-state index in [0.717, 1.165) is 23.2 Å². The molecule has 3 nitrogen and oxygen atoms in total. The van der Waals surface area contributed by atoms with Crippen LogP contribution < -0.4 is 11.5 Å². The quantitative estimate of drug-likeness (QED) is 0.142. The van der Waals surface area contributed by atoms with Gasteiger partial charge in [0.25, 0.3) is 0 Å². The van der Waals surface area contributed by atoms with E-state index in [1.807, 2.05) is 25.3 Å². The summed E-state index contributed by atoms with van der Waals surface area (Å²) < 4.78 is 0. The number of pyridine rings is 1. The van der Waals surface area contributed by atoms with Crippen molar-refractivity contribution in [1.82, 2.24) is 4.98 Å². The summed E-state index contributed by atoms with van der Waals surface area (Å²) >= 11 is 0. The Kier molecular flexibility index (Phi) is 14.3. The van der Waals surface area contributed by atoms with Crippen LogP contribution in [0.15, 0.2) is 303 Å². The molecule has 0 fully saturated rings. The van der Waals surface area contributed by atoms with Gasteiger partial charge < -0.3 is 11.5 Å². The van der Waals surface area contributed by atoms with Gasteiger partial charge in [-0.3, -0.25) is 4.98 Å². The van der Waals surface area contributed by atoms with Crippen molar-refractivity contribution in [3.8, 4) is 77.9 Å². The monoisotopic (exact) mass is 1100 g/mol. The number of hydrogen-bond donors (Lipinski definition) is 2. The number of hydrogen-bond acceptors (Lipinski definition) is 3. The third kappa shape index (κ3) is 10.0. The Hall–Kier alpha value is -10.7. The molecule has 0 unspecified atom stereocenters. The van der Waals surface area contributed by atoms with Crippen LogP contribution in [-0.2, 0) is 6.54 Å². The van der Waals surface area contributed by atoms with E-state index in [2.05, 4.69) is 291 Å². The zero-order valence-corrected chi connectivity index (χ0v) is 48.3. The predicted molar refractivity (Wildman–Crippen MR) is 370 cm³/mol. The van der Waals surface area contributed by atoms with Gasteiger partial charge in [-0.25, -0.2) is 0 Å². The van der Waals surface area contributed by atoms with Gasteiger partial charge in [0.05, 0.1) is 5.52 Å². The molecule has 0 aliphatic carbocycles. The molecule has 0 aliphatic rings. The fourth-order valence-corrected chi connectivity index (χ4v) is 12.9. The molecule has 1 aromatic heterocycles. The number of para-hydroxylation sites is 1. The van der Waals surface area contributed by atoms with Gasteiger partial charge in [-0.05, 0) is 186 Å². The second-order valence-electron chi connectivity index (χ2n) is 22.4. The van der Waals surface area contributed by atoms with E-state index in [-0.39, 0.29) is 0 Å². The lowest BCUT2D eigenvalue weighted by molar-refractivity contribution is 1.07. The first-order valence-electron chi connectivity index (χ1n) is 29.8. The summed E-state index contributed by atoms with van der Waals surface area (Å²) in [4.78, 5) is 4.57. The Balaban J connectivity index is 0.000000141. The molecule has 4 N–H and O–H groups in total. The Bertz CT molecular complexity index is 5050. The molecule has 16 aromatic rings. The van der Waals surface area contributed by atoms with Crippen LogP contribution in [0.5, 0.6) is 0 Å². The number of benzene rings is 15. The molecule has 410 valence electrons. The van der Waals surface area contributed by atoms with E-state index in [0.29, 0.717) is 6.54 Å². The third-order valence-corrected chi connectivity index (χ3v) is 17.1. The number of fused-ring (bicyclic) bond motifs is 1. The van der Waals surface area contributed by atoms with E-state index in [9.17, 15) is 0 Å². The maximum absolute atomic E-state index is 5.88. The van der Waals surface area contributed by atoms with Gasteiger partial charge in [0, 0.05) is 23.8 Å². The van der Waals surface area contributed by atoms with Gasteiger partial charge in [-0.1, -0.05) is 274 Å². The third-order valence-electron chi connectivity index (χ3n) is 17.1. The van der Waals surface area contributed by atoms with Crippen LogP contribution in [0.25, 0.3) is 153 Å². The molecular formula is C83H63N3. The molecule has 1 heterocycles. The number of nitrogens with two attached hydrogens (primary N) is 2. The van der Waals surface area contributed by atoms with Gasteiger partial charge in [-0.15, -0.1) is 0 Å². The summed E-state index contributed by atoms with van der Waals surface area (Å²) in [5.74, 6) is 0. The number of aromatic nitrogens is 1. The highest BCUT2D eigenvalue weighted by molar-refractivity contribution is 6.29. The molecule has 0 saturated carbocycles. The zero-order chi connectivity index (χ0) is 58.1. The minimum Gasteiger partial charge on any atom is -0.403 e. The van der Waals surface area contributed by atoms with Gasteiger partial charge in [-0.2, -0.15) is 0 Å². The lowest BCUT2D eigenvalue weighted by Crippen LogP contribution is -1.95. The number of rotatable bonds is 9. The SMILES string of the molecule is CC/C=C(/C)N.NCc1ccc(-c2cc(-c3ccc(-c4ccccc4)cc3)c3ccc4cccc5ccc2c3c54)cc1.c1ccc(-c2ccc(-c3cc(-c4ccc(-c5ccnc6ccccc56)cc4)c4ccc5cccc6ccc3c4c65)cc2)cc1. The van der Waals surface area contributed by atoms with E-state index < -0.39 is 0 Å². The molecule has 0 spiro atoms. The van der Waals surface area contributed by atoms with Crippen LogP contribution in [0.2, 0.25) is 0 Å². The molecule has 0 aliphatic heterocycles. The topological polar surface area (TPSA) is 64.9 Å². The summed E-state index contributed by atoms with van der Waals surface area (Å²) in [6, 6.07) is 104. The Morgan fingerprint density at radius 2 is 0.674 bits per heavy atom. The van der Waals surface area contributed by atoms with Crippen molar-refractivity contribution in [1.29, 1.82) is 0 Å². The van der Waals surface area contributed by atoms with E-state index >= 15 is 0 Å². The second kappa shape index (κ2) is 23.2. The minimum absolute atomic E-state index is 0.553. The van der Waals surface area contributed by atoms with Gasteiger partial charge in [0.1, 0.15) is 0 Å². The van der Waals surface area contributed by atoms with Crippen LogP contribution in [0.1, 0.15) is 25.8 Å². The van der Waals surface area contributed by atoms with Crippen LogP contribution in [0.4, 0.5) is 0 Å². The maximum Gasteiger partial charge on any atom is 0.0708 e. The second-order valence-corrected chi connectivity index (χ2v) is 22.4. The molecule has 3 heteroatoms. The molecule has 0 amide bonds. The van der Waals surface area contributed by atoms with E-state index in [1.165, 1.54) is 148 Å². The van der Waals surface area contributed by atoms with Crippen molar-refractivity contribution in [2.45, 2.75) is 26.8 Å². The fourth-order valence-electron chi connectivity index (χ4n) is 12.9. The Labute approximate surface area is 502 Å². The summed E-state index contributed by atoms with van der Waals surface area (Å²) in [6.07, 6.45) is 4.93. The predicted octanol–water partition coefficient (Wildman–Crippen LogP) is 22.1. The molecule has 0 saturated heterocycles. The summed E-state index contributed by atoms with van der Waals surface area (Å²) in [7, 11) is 0. The van der Waals surface area contributed by atoms with Gasteiger partial charge in [0.15, 0.2) is 0 Å². The smallest absolute Gasteiger partial charge is 0.0708 e. The first-order chi connectivity index (χ1) is 42.4. The van der Waals surface area contributed by atoms with Crippen molar-refractivity contribution in [3.05, 3.63) is 309 Å². The maximum atomic E-state index is 5.88. The lowest BCUT2D eigenvalue weighted by atomic mass is 9.85. The van der Waals surface area contributed by atoms with Crippen molar-refractivity contribution in [3.63, 3.8) is 0 Å². The first-order valence-corrected chi connectivity index (χ1v) is 29.8. The van der Waals surface area contributed by atoms with Gasteiger partial charge >= 0.3 is 0 Å². The lowest BCUT2D eigenvalue weighted by Gasteiger charge is -2.18. The van der Waals surface area contributed by atoms with Crippen LogP contribution >= 0.6 is 0 Å². The van der Waals surface area contributed by atoms with Crippen LogP contribution in [-0.4, -0.2) is 4.98 Å². The van der Waals surface area contributed by atoms with Crippen molar-refractivity contribution < 1.29 is 0 Å². The first kappa shape index (κ1) is 53.3. The van der Waals surface area contributed by atoms with Crippen LogP contribution in [0, 0.1) is 0 Å². The molecular weight excluding hydrogens is 1040 g/mol. The van der Waals surface area contributed by atoms with E-state index in [4.69, 9.17) is 11.5 Å². The highest BCUT2D eigenvalue weighted by Crippen LogP contribution is 2.47. The van der Waals surface area contributed by atoms with Gasteiger partial charge in [0.2, 0.25) is 0 Å². The molecule has 0 atom stereocenters. The highest BCUT2D eigenvalue weighted by atomic mass is 14.6. The molecule has 0 bridgehead atoms. The molecule has 15 aromatic carbocycles. The zero-order valence-electron chi connectivity index (χ0n) is 48.3. The summed E-state index contributed by atoms with van der Waals surface area (Å²) in [5, 5.41) is 16.8. The largest absolute Gasteiger partial charge is 0.403 e. The fraction of sp³-hybridized carbons (Fsp3) is 0.0482. The van der Waals surface area contributed by atoms with E-state index in [1.54, 1.807) is 0 Å². The van der Waals surface area contributed by atoms with Crippen LogP contribution in [0.3, 0.4) is 0 Å². The average molecular weight is 1100 g/mol. The summed E-state index contributed by atoms with van der Waals surface area (Å²) in [6.45, 7) is 4.51.